The minimum atomic E-state index is -1.16. The van der Waals surface area contributed by atoms with Crippen LogP contribution in [0, 0.1) is 17.5 Å². The molecular formula is C12H6F3NO. The lowest BCUT2D eigenvalue weighted by atomic mass is 10.1. The van der Waals surface area contributed by atoms with E-state index in [9.17, 15) is 18.0 Å². The molecule has 2 aromatic rings. The van der Waals surface area contributed by atoms with E-state index in [1.54, 1.807) is 0 Å². The lowest BCUT2D eigenvalue weighted by Crippen LogP contribution is -2.07. The molecule has 17 heavy (non-hydrogen) atoms. The van der Waals surface area contributed by atoms with Crippen molar-refractivity contribution in [1.29, 1.82) is 0 Å². The Morgan fingerprint density at radius 1 is 1.00 bits per heavy atom. The van der Waals surface area contributed by atoms with Crippen LogP contribution < -0.4 is 0 Å². The largest absolute Gasteiger partial charge is 0.287 e. The third-order valence-corrected chi connectivity index (χ3v) is 2.16. The van der Waals surface area contributed by atoms with Gasteiger partial charge in [-0.05, 0) is 30.3 Å². The molecule has 0 radical (unpaired) electrons. The van der Waals surface area contributed by atoms with Crippen molar-refractivity contribution in [2.45, 2.75) is 0 Å². The fraction of sp³-hybridized carbons (Fsp3) is 0. The highest BCUT2D eigenvalue weighted by atomic mass is 19.2. The van der Waals surface area contributed by atoms with Crippen molar-refractivity contribution in [2.24, 2.45) is 0 Å². The first kappa shape index (κ1) is 11.3. The van der Waals surface area contributed by atoms with Gasteiger partial charge in [0.15, 0.2) is 17.5 Å². The van der Waals surface area contributed by atoms with Gasteiger partial charge in [-0.25, -0.2) is 18.2 Å². The quantitative estimate of drug-likeness (QED) is 0.751. The molecule has 2 nitrogen and oxygen atoms in total. The maximum absolute atomic E-state index is 13.3. The third kappa shape index (κ3) is 2.18. The number of rotatable bonds is 2. The zero-order valence-corrected chi connectivity index (χ0v) is 8.45. The van der Waals surface area contributed by atoms with E-state index in [2.05, 4.69) is 4.98 Å². The monoisotopic (exact) mass is 237 g/mol. The first-order valence-electron chi connectivity index (χ1n) is 4.70. The normalized spacial score (nSPS) is 10.3. The summed E-state index contributed by atoms with van der Waals surface area (Å²) in [6.45, 7) is 0. The van der Waals surface area contributed by atoms with Gasteiger partial charge < -0.3 is 0 Å². The molecule has 0 atom stereocenters. The molecule has 5 heteroatoms. The molecule has 0 saturated heterocycles. The fourth-order valence-electron chi connectivity index (χ4n) is 1.33. The van der Waals surface area contributed by atoms with Gasteiger partial charge in [0.1, 0.15) is 5.69 Å². The van der Waals surface area contributed by atoms with Crippen LogP contribution in [0.4, 0.5) is 13.2 Å². The van der Waals surface area contributed by atoms with E-state index < -0.39 is 28.9 Å². The van der Waals surface area contributed by atoms with Crippen LogP contribution in [0.2, 0.25) is 0 Å². The molecule has 0 amide bonds. The Morgan fingerprint density at radius 2 is 1.76 bits per heavy atom. The second-order valence-electron chi connectivity index (χ2n) is 3.29. The van der Waals surface area contributed by atoms with Crippen molar-refractivity contribution in [3.63, 3.8) is 0 Å². The summed E-state index contributed by atoms with van der Waals surface area (Å²) < 4.78 is 38.8. The molecule has 1 heterocycles. The van der Waals surface area contributed by atoms with E-state index in [0.29, 0.717) is 6.07 Å². The number of carbonyl (C=O) groups excluding carboxylic acids is 1. The van der Waals surface area contributed by atoms with E-state index in [1.165, 1.54) is 12.3 Å². The van der Waals surface area contributed by atoms with E-state index in [-0.39, 0.29) is 5.56 Å². The smallest absolute Gasteiger partial charge is 0.214 e. The zero-order chi connectivity index (χ0) is 12.4. The summed E-state index contributed by atoms with van der Waals surface area (Å²) in [7, 11) is 0. The molecule has 1 aromatic heterocycles. The number of nitrogens with zero attached hydrogens (tertiary/aromatic N) is 1. The number of hydrogen-bond donors (Lipinski definition) is 0. The minimum absolute atomic E-state index is 0.151. The summed E-state index contributed by atoms with van der Waals surface area (Å²) in [5.74, 6) is -3.82. The van der Waals surface area contributed by atoms with Crippen molar-refractivity contribution < 1.29 is 18.0 Å². The van der Waals surface area contributed by atoms with Crippen LogP contribution in [0.25, 0.3) is 0 Å². The highest BCUT2D eigenvalue weighted by Crippen LogP contribution is 2.14. The van der Waals surface area contributed by atoms with E-state index in [1.807, 2.05) is 0 Å². The van der Waals surface area contributed by atoms with Crippen molar-refractivity contribution >= 4 is 5.78 Å². The number of benzene rings is 1. The molecule has 0 unspecified atom stereocenters. The maximum atomic E-state index is 13.3. The van der Waals surface area contributed by atoms with Gasteiger partial charge in [-0.2, -0.15) is 0 Å². The second kappa shape index (κ2) is 4.37. The highest BCUT2D eigenvalue weighted by molar-refractivity contribution is 6.07. The van der Waals surface area contributed by atoms with Crippen LogP contribution in [-0.2, 0) is 0 Å². The Hall–Kier alpha value is -2.17. The Balaban J connectivity index is 2.44. The Labute approximate surface area is 94.7 Å². The predicted molar refractivity (Wildman–Crippen MR) is 54.0 cm³/mol. The van der Waals surface area contributed by atoms with E-state index in [0.717, 1.165) is 18.2 Å². The van der Waals surface area contributed by atoms with Crippen LogP contribution >= 0.6 is 0 Å². The van der Waals surface area contributed by atoms with Crippen molar-refractivity contribution in [1.82, 2.24) is 4.98 Å². The van der Waals surface area contributed by atoms with Crippen molar-refractivity contribution in [2.75, 3.05) is 0 Å². The van der Waals surface area contributed by atoms with Crippen molar-refractivity contribution in [3.8, 4) is 0 Å². The topological polar surface area (TPSA) is 30.0 Å². The lowest BCUT2D eigenvalue weighted by Gasteiger charge is -2.02. The van der Waals surface area contributed by atoms with Gasteiger partial charge in [0, 0.05) is 11.8 Å². The molecular weight excluding hydrogens is 231 g/mol. The maximum Gasteiger partial charge on any atom is 0.214 e. The molecule has 0 aliphatic heterocycles. The van der Waals surface area contributed by atoms with Gasteiger partial charge in [0.25, 0.3) is 0 Å². The summed E-state index contributed by atoms with van der Waals surface area (Å²) in [4.78, 5) is 15.3. The molecule has 1 aromatic carbocycles. The van der Waals surface area contributed by atoms with Crippen LogP contribution in [0.3, 0.4) is 0 Å². The van der Waals surface area contributed by atoms with Crippen LogP contribution in [0.5, 0.6) is 0 Å². The number of hydrogen-bond acceptors (Lipinski definition) is 2. The molecule has 0 N–H and O–H groups in total. The molecule has 0 aliphatic carbocycles. The molecule has 0 fully saturated rings. The summed E-state index contributed by atoms with van der Waals surface area (Å²) in [6, 6.07) is 5.00. The molecule has 0 spiro atoms. The number of pyridine rings is 1. The second-order valence-corrected chi connectivity index (χ2v) is 3.29. The summed E-state index contributed by atoms with van der Waals surface area (Å²) >= 11 is 0. The van der Waals surface area contributed by atoms with Crippen molar-refractivity contribution in [3.05, 3.63) is 65.2 Å². The molecule has 0 aliphatic rings. The van der Waals surface area contributed by atoms with Gasteiger partial charge in [-0.3, -0.25) is 4.79 Å². The predicted octanol–water partition coefficient (Wildman–Crippen LogP) is 2.73. The van der Waals surface area contributed by atoms with E-state index in [4.69, 9.17) is 0 Å². The van der Waals surface area contributed by atoms with Gasteiger partial charge in [0.05, 0.1) is 0 Å². The van der Waals surface area contributed by atoms with Crippen LogP contribution in [0.1, 0.15) is 16.1 Å². The highest BCUT2D eigenvalue weighted by Gasteiger charge is 2.16. The zero-order valence-electron chi connectivity index (χ0n) is 8.45. The molecule has 2 rings (SSSR count). The summed E-state index contributed by atoms with van der Waals surface area (Å²) in [6.07, 6.45) is 1.25. The molecule has 0 saturated carbocycles. The number of carbonyl (C=O) groups is 1. The Kier molecular flexibility index (Phi) is 2.91. The SMILES string of the molecule is O=C(c1ccc(F)c(F)c1)c1ncccc1F. The van der Waals surface area contributed by atoms with Crippen LogP contribution in [0.15, 0.2) is 36.5 Å². The average Bonchev–Trinajstić information content (AvgIpc) is 2.32. The summed E-state index contributed by atoms with van der Waals surface area (Å²) in [5.41, 5.74) is -0.569. The molecule has 0 bridgehead atoms. The van der Waals surface area contributed by atoms with E-state index >= 15 is 0 Å². The van der Waals surface area contributed by atoms with Gasteiger partial charge >= 0.3 is 0 Å². The van der Waals surface area contributed by atoms with Gasteiger partial charge in [0.2, 0.25) is 5.78 Å². The number of halogens is 3. The van der Waals surface area contributed by atoms with Gasteiger partial charge in [-0.15, -0.1) is 0 Å². The standard InChI is InChI=1S/C12H6F3NO/c13-8-4-3-7(6-10(8)15)12(17)11-9(14)2-1-5-16-11/h1-6H. The third-order valence-electron chi connectivity index (χ3n) is 2.16. The first-order chi connectivity index (χ1) is 8.09. The minimum Gasteiger partial charge on any atom is -0.287 e. The lowest BCUT2D eigenvalue weighted by molar-refractivity contribution is 0.102. The summed E-state index contributed by atoms with van der Waals surface area (Å²) in [5, 5.41) is 0. The van der Waals surface area contributed by atoms with Gasteiger partial charge in [-0.1, -0.05) is 0 Å². The van der Waals surface area contributed by atoms with Crippen LogP contribution in [-0.4, -0.2) is 10.8 Å². The average molecular weight is 237 g/mol. The number of aromatic nitrogens is 1. The Bertz CT molecular complexity index is 584. The fourth-order valence-corrected chi connectivity index (χ4v) is 1.33. The first-order valence-corrected chi connectivity index (χ1v) is 4.70. The number of ketones is 1. The molecule has 86 valence electrons. The Morgan fingerprint density at radius 3 is 2.41 bits per heavy atom.